The van der Waals surface area contributed by atoms with E-state index in [2.05, 4.69) is 106 Å². The molecule has 0 spiro atoms. The molecule has 0 bridgehead atoms. The molecule has 6 nitrogen and oxygen atoms in total. The monoisotopic (exact) mass is 877 g/mol. The number of hydrogen-bond acceptors (Lipinski definition) is 6. The van der Waals surface area contributed by atoms with Crippen LogP contribution in [0.4, 0.5) is 0 Å². The summed E-state index contributed by atoms with van der Waals surface area (Å²) in [5, 5.41) is 0. The maximum absolute atomic E-state index is 12.8. The topological polar surface area (TPSA) is 78.9 Å². The van der Waals surface area contributed by atoms with Crippen LogP contribution in [0.15, 0.2) is 85.1 Å². The van der Waals surface area contributed by atoms with E-state index < -0.39 is 6.10 Å². The van der Waals surface area contributed by atoms with Crippen molar-refractivity contribution in [2.24, 2.45) is 0 Å². The molecule has 0 saturated carbocycles. The average Bonchev–Trinajstić information content (AvgIpc) is 3.28. The number of hydrogen-bond donors (Lipinski definition) is 0. The summed E-state index contributed by atoms with van der Waals surface area (Å²) < 4.78 is 16.8. The first-order chi connectivity index (χ1) is 31.0. The van der Waals surface area contributed by atoms with Gasteiger partial charge in [0, 0.05) is 19.3 Å². The minimum Gasteiger partial charge on any atom is -0.462 e. The molecule has 360 valence electrons. The number of ether oxygens (including phenoxy) is 3. The molecule has 0 amide bonds. The molecule has 0 rings (SSSR count). The van der Waals surface area contributed by atoms with Crippen molar-refractivity contribution in [2.75, 3.05) is 13.2 Å². The van der Waals surface area contributed by atoms with Gasteiger partial charge in [0.05, 0.1) is 0 Å². The summed E-state index contributed by atoms with van der Waals surface area (Å²) >= 11 is 0. The van der Waals surface area contributed by atoms with Crippen LogP contribution in [0, 0.1) is 0 Å². The third-order valence-corrected chi connectivity index (χ3v) is 10.9. The summed E-state index contributed by atoms with van der Waals surface area (Å²) in [7, 11) is 0. The zero-order valence-electron chi connectivity index (χ0n) is 41.1. The largest absolute Gasteiger partial charge is 0.462 e. The highest BCUT2D eigenvalue weighted by atomic mass is 16.6. The van der Waals surface area contributed by atoms with E-state index in [0.717, 1.165) is 122 Å². The number of allylic oxidation sites excluding steroid dienone is 14. The maximum Gasteiger partial charge on any atom is 0.306 e. The number of rotatable bonds is 46. The van der Waals surface area contributed by atoms with Crippen molar-refractivity contribution in [1.29, 1.82) is 0 Å². The van der Waals surface area contributed by atoms with Crippen molar-refractivity contribution in [3.8, 4) is 0 Å². The second-order valence-electron chi connectivity index (χ2n) is 17.0. The predicted octanol–water partition coefficient (Wildman–Crippen LogP) is 17.2. The summed E-state index contributed by atoms with van der Waals surface area (Å²) in [6, 6.07) is 0. The molecule has 0 heterocycles. The van der Waals surface area contributed by atoms with Gasteiger partial charge in [-0.05, 0) is 89.9 Å². The van der Waals surface area contributed by atoms with E-state index in [1.807, 2.05) is 0 Å². The van der Waals surface area contributed by atoms with E-state index in [1.165, 1.54) is 77.0 Å². The predicted molar refractivity (Wildman–Crippen MR) is 270 cm³/mol. The minimum absolute atomic E-state index is 0.0956. The van der Waals surface area contributed by atoms with Crippen LogP contribution in [0.25, 0.3) is 0 Å². The smallest absolute Gasteiger partial charge is 0.306 e. The van der Waals surface area contributed by atoms with Crippen molar-refractivity contribution >= 4 is 17.9 Å². The normalized spacial score (nSPS) is 12.7. The molecule has 0 N–H and O–H groups in total. The van der Waals surface area contributed by atoms with Crippen LogP contribution in [-0.2, 0) is 28.6 Å². The highest BCUT2D eigenvalue weighted by Crippen LogP contribution is 2.15. The molecule has 0 aliphatic heterocycles. The van der Waals surface area contributed by atoms with Crippen LogP contribution in [0.3, 0.4) is 0 Å². The fraction of sp³-hybridized carbons (Fsp3) is 0.702. The van der Waals surface area contributed by atoms with Crippen molar-refractivity contribution in [1.82, 2.24) is 0 Å². The molecule has 0 aromatic heterocycles. The van der Waals surface area contributed by atoms with Gasteiger partial charge >= 0.3 is 17.9 Å². The Morgan fingerprint density at radius 2 is 0.619 bits per heavy atom. The lowest BCUT2D eigenvalue weighted by molar-refractivity contribution is -0.167. The van der Waals surface area contributed by atoms with E-state index in [0.29, 0.717) is 19.3 Å². The van der Waals surface area contributed by atoms with E-state index in [1.54, 1.807) is 0 Å². The lowest BCUT2D eigenvalue weighted by Crippen LogP contribution is -2.30. The molecule has 0 saturated heterocycles. The Bertz CT molecular complexity index is 1240. The lowest BCUT2D eigenvalue weighted by atomic mass is 10.0. The van der Waals surface area contributed by atoms with E-state index in [-0.39, 0.29) is 31.1 Å². The number of carbonyl (C=O) groups is 3. The number of unbranched alkanes of at least 4 members (excludes halogenated alkanes) is 21. The van der Waals surface area contributed by atoms with Gasteiger partial charge in [0.2, 0.25) is 0 Å². The third kappa shape index (κ3) is 49.5. The molecule has 0 aromatic carbocycles. The van der Waals surface area contributed by atoms with E-state index in [9.17, 15) is 14.4 Å². The first kappa shape index (κ1) is 59.6. The fourth-order valence-electron chi connectivity index (χ4n) is 7.04. The van der Waals surface area contributed by atoms with Crippen LogP contribution in [0.1, 0.15) is 239 Å². The summed E-state index contributed by atoms with van der Waals surface area (Å²) in [6.45, 7) is 6.36. The number of esters is 3. The van der Waals surface area contributed by atoms with Crippen LogP contribution in [-0.4, -0.2) is 37.2 Å². The number of carbonyl (C=O) groups excluding carboxylic acids is 3. The summed E-state index contributed by atoms with van der Waals surface area (Å²) in [4.78, 5) is 38.0. The molecule has 0 aromatic rings. The second-order valence-corrected chi connectivity index (χ2v) is 17.0. The highest BCUT2D eigenvalue weighted by Gasteiger charge is 2.19. The second kappa shape index (κ2) is 51.2. The SMILES string of the molecule is CC/C=C\C/C=C\C/C=C\C/C=C\CCCCC(=O)OC[C@@H](COC(=O)CCCCCCCCCCCCCCCCC)OC(=O)CCCCCCC/C=C\C/C=C\C/C=C\CC. The van der Waals surface area contributed by atoms with Gasteiger partial charge < -0.3 is 14.2 Å². The minimum atomic E-state index is -0.801. The molecular weight excluding hydrogens is 781 g/mol. The van der Waals surface area contributed by atoms with Crippen molar-refractivity contribution in [2.45, 2.75) is 245 Å². The first-order valence-corrected chi connectivity index (χ1v) is 26.1. The van der Waals surface area contributed by atoms with Crippen molar-refractivity contribution in [3.63, 3.8) is 0 Å². The van der Waals surface area contributed by atoms with Gasteiger partial charge in [0.15, 0.2) is 6.10 Å². The molecule has 1 atom stereocenters. The van der Waals surface area contributed by atoms with Crippen LogP contribution >= 0.6 is 0 Å². The Hall–Kier alpha value is -3.41. The van der Waals surface area contributed by atoms with Crippen LogP contribution < -0.4 is 0 Å². The van der Waals surface area contributed by atoms with Crippen LogP contribution in [0.2, 0.25) is 0 Å². The zero-order valence-corrected chi connectivity index (χ0v) is 41.1. The van der Waals surface area contributed by atoms with Crippen molar-refractivity contribution < 1.29 is 28.6 Å². The molecule has 63 heavy (non-hydrogen) atoms. The van der Waals surface area contributed by atoms with Gasteiger partial charge in [-0.1, -0.05) is 215 Å². The van der Waals surface area contributed by atoms with Crippen LogP contribution in [0.5, 0.6) is 0 Å². The molecule has 0 aliphatic carbocycles. The first-order valence-electron chi connectivity index (χ1n) is 26.1. The average molecular weight is 877 g/mol. The quantitative estimate of drug-likeness (QED) is 0.0262. The Balaban J connectivity index is 4.47. The van der Waals surface area contributed by atoms with Crippen molar-refractivity contribution in [3.05, 3.63) is 85.1 Å². The third-order valence-electron chi connectivity index (χ3n) is 10.9. The van der Waals surface area contributed by atoms with Gasteiger partial charge in [-0.3, -0.25) is 14.4 Å². The summed E-state index contributed by atoms with van der Waals surface area (Å²) in [5.74, 6) is -0.954. The summed E-state index contributed by atoms with van der Waals surface area (Å²) in [6.07, 6.45) is 65.7. The van der Waals surface area contributed by atoms with Gasteiger partial charge in [-0.2, -0.15) is 0 Å². The van der Waals surface area contributed by atoms with E-state index in [4.69, 9.17) is 14.2 Å². The highest BCUT2D eigenvalue weighted by molar-refractivity contribution is 5.71. The Morgan fingerprint density at radius 3 is 1.00 bits per heavy atom. The Morgan fingerprint density at radius 1 is 0.333 bits per heavy atom. The lowest BCUT2D eigenvalue weighted by Gasteiger charge is -2.18. The molecular formula is C57H96O6. The summed E-state index contributed by atoms with van der Waals surface area (Å²) in [5.41, 5.74) is 0. The maximum atomic E-state index is 12.8. The fourth-order valence-corrected chi connectivity index (χ4v) is 7.04. The Kier molecular flexibility index (Phi) is 48.5. The van der Waals surface area contributed by atoms with Gasteiger partial charge in [0.25, 0.3) is 0 Å². The standard InChI is InChI=1S/C57H96O6/c1-4-7-10-13-16-19-22-25-28-31-34-37-40-43-46-49-55(58)61-52-54(63-57(60)51-48-45-42-39-36-33-30-27-24-21-18-15-12-9-6-3)53-62-56(59)50-47-44-41-38-35-32-29-26-23-20-17-14-11-8-5-2/h7,9-10,12,16,18-19,21,25,27-28,30,34,37,54H,4-6,8,11,13-15,17,20,22-24,26,29,31-33,35-36,38-53H2,1-3H3/b10-7-,12-9-,19-16-,21-18-,28-25-,30-27-,37-34-/t54-/m0/s1. The molecule has 0 fully saturated rings. The van der Waals surface area contributed by atoms with Gasteiger partial charge in [0.1, 0.15) is 13.2 Å². The van der Waals surface area contributed by atoms with E-state index >= 15 is 0 Å². The molecule has 0 unspecified atom stereocenters. The zero-order chi connectivity index (χ0) is 45.8. The Labute approximate surface area is 388 Å². The molecule has 0 radical (unpaired) electrons. The van der Waals surface area contributed by atoms with Gasteiger partial charge in [-0.15, -0.1) is 0 Å². The molecule has 0 aliphatic rings. The molecule has 6 heteroatoms. The van der Waals surface area contributed by atoms with Gasteiger partial charge in [-0.25, -0.2) is 0 Å².